The Morgan fingerprint density at radius 2 is 1.30 bits per heavy atom. The van der Waals surface area contributed by atoms with Crippen LogP contribution >= 0.6 is 0 Å². The Bertz CT molecular complexity index is 1200. The van der Waals surface area contributed by atoms with E-state index in [1.807, 2.05) is 6.33 Å². The van der Waals surface area contributed by atoms with Gasteiger partial charge in [0, 0.05) is 23.0 Å². The molecule has 5 rings (SSSR count). The van der Waals surface area contributed by atoms with Crippen molar-refractivity contribution in [1.29, 1.82) is 0 Å². The summed E-state index contributed by atoms with van der Waals surface area (Å²) in [4.78, 5) is 4.63. The summed E-state index contributed by atoms with van der Waals surface area (Å²) in [7, 11) is 0. The van der Waals surface area contributed by atoms with Gasteiger partial charge in [0.1, 0.15) is 6.33 Å². The molecule has 0 saturated heterocycles. The second kappa shape index (κ2) is 7.83. The molecule has 0 saturated carbocycles. The van der Waals surface area contributed by atoms with E-state index in [0.717, 1.165) is 36.0 Å². The van der Waals surface area contributed by atoms with Crippen molar-refractivity contribution in [3.05, 3.63) is 90.4 Å². The SMILES string of the molecule is CCCc1ccc2c(ccn2-c2ccc(-n3cnc4cc(CCC)ccc43)cc2)c1. The highest BCUT2D eigenvalue weighted by Crippen LogP contribution is 2.25. The first-order valence-corrected chi connectivity index (χ1v) is 10.9. The fourth-order valence-corrected chi connectivity index (χ4v) is 4.34. The molecule has 0 amide bonds. The molecule has 0 radical (unpaired) electrons. The fourth-order valence-electron chi connectivity index (χ4n) is 4.34. The standard InChI is InChI=1S/C27H27N3/c1-3-5-20-7-13-26-22(17-20)15-16-29(26)23-9-11-24(12-10-23)30-19-28-25-18-21(6-4-2)8-14-27(25)30/h7-19H,3-6H2,1-2H3. The van der Waals surface area contributed by atoms with Crippen LogP contribution in [0.25, 0.3) is 33.3 Å². The molecular formula is C27H27N3. The summed E-state index contributed by atoms with van der Waals surface area (Å²) in [6.45, 7) is 4.44. The van der Waals surface area contributed by atoms with Gasteiger partial charge in [-0.15, -0.1) is 0 Å². The summed E-state index contributed by atoms with van der Waals surface area (Å²) in [6.07, 6.45) is 8.65. The molecule has 5 aromatic rings. The minimum atomic E-state index is 1.06. The Morgan fingerprint density at radius 3 is 2.00 bits per heavy atom. The summed E-state index contributed by atoms with van der Waals surface area (Å²) in [5.41, 5.74) is 8.53. The molecule has 0 aliphatic heterocycles. The summed E-state index contributed by atoms with van der Waals surface area (Å²) < 4.78 is 4.43. The number of aryl methyl sites for hydroxylation is 2. The van der Waals surface area contributed by atoms with Crippen LogP contribution in [-0.4, -0.2) is 14.1 Å². The number of fused-ring (bicyclic) bond motifs is 2. The fraction of sp³-hybridized carbons (Fsp3) is 0.222. The minimum absolute atomic E-state index is 1.06. The van der Waals surface area contributed by atoms with Gasteiger partial charge in [0.05, 0.1) is 16.6 Å². The molecule has 3 heteroatoms. The van der Waals surface area contributed by atoms with Gasteiger partial charge < -0.3 is 4.57 Å². The highest BCUT2D eigenvalue weighted by Gasteiger charge is 2.08. The van der Waals surface area contributed by atoms with E-state index in [-0.39, 0.29) is 0 Å². The van der Waals surface area contributed by atoms with Crippen LogP contribution in [0.3, 0.4) is 0 Å². The van der Waals surface area contributed by atoms with Crippen LogP contribution in [0.2, 0.25) is 0 Å². The lowest BCUT2D eigenvalue weighted by Crippen LogP contribution is -1.95. The number of aromatic nitrogens is 3. The zero-order chi connectivity index (χ0) is 20.5. The molecule has 30 heavy (non-hydrogen) atoms. The molecule has 0 aliphatic carbocycles. The lowest BCUT2D eigenvalue weighted by molar-refractivity contribution is 0.923. The summed E-state index contributed by atoms with van der Waals surface area (Å²) in [6, 6.07) is 24.4. The highest BCUT2D eigenvalue weighted by atomic mass is 15.0. The van der Waals surface area contributed by atoms with E-state index < -0.39 is 0 Å². The third-order valence-electron chi connectivity index (χ3n) is 5.85. The monoisotopic (exact) mass is 393 g/mol. The van der Waals surface area contributed by atoms with Crippen molar-refractivity contribution < 1.29 is 0 Å². The van der Waals surface area contributed by atoms with Crippen LogP contribution in [0.5, 0.6) is 0 Å². The van der Waals surface area contributed by atoms with Crippen molar-refractivity contribution in [3.63, 3.8) is 0 Å². The average Bonchev–Trinajstić information content (AvgIpc) is 3.38. The van der Waals surface area contributed by atoms with Crippen LogP contribution in [-0.2, 0) is 12.8 Å². The summed E-state index contributed by atoms with van der Waals surface area (Å²) in [5, 5.41) is 1.30. The highest BCUT2D eigenvalue weighted by molar-refractivity contribution is 5.83. The Labute approximate surface area is 177 Å². The molecule has 0 aliphatic rings. The maximum Gasteiger partial charge on any atom is 0.100 e. The van der Waals surface area contributed by atoms with Crippen molar-refractivity contribution in [1.82, 2.24) is 14.1 Å². The maximum atomic E-state index is 4.63. The van der Waals surface area contributed by atoms with Gasteiger partial charge in [-0.05, 0) is 78.6 Å². The van der Waals surface area contributed by atoms with Gasteiger partial charge >= 0.3 is 0 Å². The number of benzene rings is 3. The van der Waals surface area contributed by atoms with Crippen molar-refractivity contribution >= 4 is 21.9 Å². The first kappa shape index (κ1) is 18.7. The number of hydrogen-bond donors (Lipinski definition) is 0. The first-order valence-electron chi connectivity index (χ1n) is 10.9. The average molecular weight is 394 g/mol. The number of rotatable bonds is 6. The molecule has 150 valence electrons. The molecular weight excluding hydrogens is 366 g/mol. The van der Waals surface area contributed by atoms with E-state index in [1.54, 1.807) is 0 Å². The Balaban J connectivity index is 1.47. The Hall–Kier alpha value is -3.33. The zero-order valence-electron chi connectivity index (χ0n) is 17.7. The molecule has 3 aromatic carbocycles. The Morgan fingerprint density at radius 1 is 0.667 bits per heavy atom. The van der Waals surface area contributed by atoms with Crippen molar-refractivity contribution in [2.75, 3.05) is 0 Å². The number of imidazole rings is 1. The van der Waals surface area contributed by atoms with E-state index in [2.05, 4.69) is 101 Å². The largest absolute Gasteiger partial charge is 0.317 e. The van der Waals surface area contributed by atoms with Gasteiger partial charge in [-0.25, -0.2) is 4.98 Å². The van der Waals surface area contributed by atoms with Gasteiger partial charge in [-0.2, -0.15) is 0 Å². The number of hydrogen-bond acceptors (Lipinski definition) is 1. The number of nitrogens with zero attached hydrogens (tertiary/aromatic N) is 3. The maximum absolute atomic E-state index is 4.63. The second-order valence-corrected chi connectivity index (χ2v) is 8.03. The molecule has 0 unspecified atom stereocenters. The van der Waals surface area contributed by atoms with Crippen LogP contribution in [0.4, 0.5) is 0 Å². The summed E-state index contributed by atoms with van der Waals surface area (Å²) >= 11 is 0. The molecule has 2 aromatic heterocycles. The Kier molecular flexibility index (Phi) is 4.88. The van der Waals surface area contributed by atoms with Crippen molar-refractivity contribution in [2.24, 2.45) is 0 Å². The van der Waals surface area contributed by atoms with Crippen LogP contribution in [0, 0.1) is 0 Å². The quantitative estimate of drug-likeness (QED) is 0.308. The van der Waals surface area contributed by atoms with E-state index >= 15 is 0 Å². The smallest absolute Gasteiger partial charge is 0.100 e. The molecule has 0 spiro atoms. The first-order chi connectivity index (χ1) is 14.8. The van der Waals surface area contributed by atoms with Crippen LogP contribution < -0.4 is 0 Å². The van der Waals surface area contributed by atoms with Gasteiger partial charge in [-0.1, -0.05) is 38.8 Å². The zero-order valence-corrected chi connectivity index (χ0v) is 17.7. The lowest BCUT2D eigenvalue weighted by atomic mass is 10.1. The van der Waals surface area contributed by atoms with Crippen LogP contribution in [0.15, 0.2) is 79.3 Å². The van der Waals surface area contributed by atoms with E-state index in [1.165, 1.54) is 34.1 Å². The normalized spacial score (nSPS) is 11.5. The van der Waals surface area contributed by atoms with Gasteiger partial charge in [0.2, 0.25) is 0 Å². The van der Waals surface area contributed by atoms with Crippen molar-refractivity contribution in [2.45, 2.75) is 39.5 Å². The van der Waals surface area contributed by atoms with E-state index in [0.29, 0.717) is 0 Å². The van der Waals surface area contributed by atoms with E-state index in [9.17, 15) is 0 Å². The summed E-state index contributed by atoms with van der Waals surface area (Å²) in [5.74, 6) is 0. The molecule has 3 nitrogen and oxygen atoms in total. The molecule has 0 fully saturated rings. The minimum Gasteiger partial charge on any atom is -0.317 e. The van der Waals surface area contributed by atoms with Gasteiger partial charge in [0.15, 0.2) is 0 Å². The predicted molar refractivity (Wildman–Crippen MR) is 126 cm³/mol. The third-order valence-corrected chi connectivity index (χ3v) is 5.85. The lowest BCUT2D eigenvalue weighted by Gasteiger charge is -2.09. The predicted octanol–water partition coefficient (Wildman–Crippen LogP) is 6.87. The molecule has 0 bridgehead atoms. The van der Waals surface area contributed by atoms with Crippen molar-refractivity contribution in [3.8, 4) is 11.4 Å². The molecule has 2 heterocycles. The molecule has 0 N–H and O–H groups in total. The van der Waals surface area contributed by atoms with E-state index in [4.69, 9.17) is 0 Å². The van der Waals surface area contributed by atoms with Gasteiger partial charge in [0.25, 0.3) is 0 Å². The second-order valence-electron chi connectivity index (χ2n) is 8.03. The van der Waals surface area contributed by atoms with Crippen LogP contribution in [0.1, 0.15) is 37.8 Å². The molecule has 0 atom stereocenters. The van der Waals surface area contributed by atoms with Gasteiger partial charge in [-0.3, -0.25) is 4.57 Å². The topological polar surface area (TPSA) is 22.8 Å². The third kappa shape index (κ3) is 3.30.